The van der Waals surface area contributed by atoms with E-state index in [4.69, 9.17) is 46.1 Å². The van der Waals surface area contributed by atoms with Gasteiger partial charge in [-0.2, -0.15) is 0 Å². The zero-order chi connectivity index (χ0) is 92.6. The van der Waals surface area contributed by atoms with Gasteiger partial charge in [0.2, 0.25) is 5.71 Å². The number of rotatable bonds is 7. The SMILES string of the molecule is [C-]#[N+]c1ccc2c(c1)N(c1c(C)ccc3c1oc1ccccc13)[C@@H](C)N2C.[C-]#[N+]c1ccc2c(c1)N(c1c(C)ccc3c1oc1ncccc13)[C@@H](C)N2C.[C-]#[N+]c1ccc2c(c1)N(c1c(C)cccc1-c1ccccc1)[C@@H](C)N2C.[C-]#[N+]c1ccc2c(c1)N(c1cc3oc4ccccc4c3cc1C)[C@@H](C)N2C.[C-]#[N+]c1ccc2c(c1)N(c1ccc(-c3ccccc3)cc1C)[C@@H](C)N2C. The van der Waals surface area contributed by atoms with Gasteiger partial charge in [0.15, 0.2) is 39.6 Å². The van der Waals surface area contributed by atoms with Crippen LogP contribution >= 0.6 is 0 Å². The molecule has 0 N–H and O–H groups in total. The second-order valence-electron chi connectivity index (χ2n) is 34.7. The minimum atomic E-state index is 0.103. The van der Waals surface area contributed by atoms with Crippen molar-refractivity contribution in [2.24, 2.45) is 0 Å². The molecule has 18 aromatic rings. The van der Waals surface area contributed by atoms with Crippen molar-refractivity contribution < 1.29 is 13.3 Å². The number of aromatic nitrogens is 1. The summed E-state index contributed by atoms with van der Waals surface area (Å²) in [6.45, 7) is 58.5. The average Bonchev–Trinajstić information content (AvgIpc) is 1.56. The summed E-state index contributed by atoms with van der Waals surface area (Å²) in [4.78, 5) is 45.3. The fourth-order valence-corrected chi connectivity index (χ4v) is 19.8. The van der Waals surface area contributed by atoms with Crippen molar-refractivity contribution in [3.8, 4) is 22.3 Å². The Bertz CT molecular complexity index is 7700. The van der Waals surface area contributed by atoms with E-state index >= 15 is 0 Å². The number of nitrogens with zero attached hydrogens (tertiary/aromatic N) is 16. The zero-order valence-corrected chi connectivity index (χ0v) is 77.0. The van der Waals surface area contributed by atoms with Gasteiger partial charge in [0.1, 0.15) is 47.6 Å². The van der Waals surface area contributed by atoms with Gasteiger partial charge in [-0.1, -0.05) is 176 Å². The van der Waals surface area contributed by atoms with Crippen molar-refractivity contribution >= 4 is 180 Å². The Balaban J connectivity index is 0.000000107. The van der Waals surface area contributed by atoms with E-state index in [0.717, 1.165) is 145 Å². The lowest BCUT2D eigenvalue weighted by Gasteiger charge is -2.31. The molecule has 5 aliphatic heterocycles. The number of pyridine rings is 1. The molecule has 0 unspecified atom stereocenters. The van der Waals surface area contributed by atoms with Crippen molar-refractivity contribution in [1.29, 1.82) is 0 Å². The fraction of sp³-hybridized carbons (Fsp3) is 0.175. The summed E-state index contributed by atoms with van der Waals surface area (Å²) >= 11 is 0. The topological polar surface area (TPSA) is 107 Å². The molecule has 23 rings (SSSR count). The van der Waals surface area contributed by atoms with E-state index < -0.39 is 0 Å². The van der Waals surface area contributed by atoms with Gasteiger partial charge in [-0.3, -0.25) is 0 Å². The smallest absolute Gasteiger partial charge is 0.227 e. The zero-order valence-electron chi connectivity index (χ0n) is 77.0. The van der Waals surface area contributed by atoms with E-state index in [9.17, 15) is 0 Å². The van der Waals surface area contributed by atoms with Crippen molar-refractivity contribution in [1.82, 2.24) is 4.98 Å². The molecule has 19 nitrogen and oxygen atoms in total. The van der Waals surface area contributed by atoms with Gasteiger partial charge in [0.05, 0.1) is 107 Å². The normalized spacial score (nSPS) is 16.0. The standard InChI is InChI=1S/2C23H19N3O.2C23H21N3.C22H18N4O/c1-14-9-11-18-17-7-5-6-8-21(17)27-23(18)22(14)26-15(2)25(4)19-12-10-16(24-3)13-20(19)26;1-14-11-18-17-7-5-6-8-22(17)27-23(18)13-20(14)26-15(2)25(4)19-10-9-16(24-3)12-21(19)26;1-16-9-8-12-20(18-10-6-5-7-11-18)23(16)26-17(2)25(4)21-14-13-19(24-3)15-22(21)26;1-16-14-19(18-8-6-5-7-9-18)10-12-21(16)26-17(2)25(4)22-13-11-20(24-3)15-23(22)26;1-13-7-9-16-17-6-5-11-24-22(17)27-21(16)20(13)26-14(2)25(4)18-10-8-15(23-3)12-19(18)26/h2*5-13,15H,1-2,4H3;2*5-15,17H,1-2,4H3;5-12,14H,1-2,4H3/t2*15-;2*17-;14-/m00000/s1. The molecule has 133 heavy (non-hydrogen) atoms. The molecule has 0 fully saturated rings. The maximum Gasteiger partial charge on any atom is 0.227 e. The molecule has 652 valence electrons. The molecular formula is C114H98N16O3. The molecule has 4 aromatic heterocycles. The minimum Gasteiger partial charge on any atom is -0.456 e. The predicted molar refractivity (Wildman–Crippen MR) is 550 cm³/mol. The number of para-hydroxylation sites is 3. The number of aryl methyl sites for hydroxylation is 5. The minimum absolute atomic E-state index is 0.103. The van der Waals surface area contributed by atoms with E-state index in [1.165, 1.54) is 50.3 Å². The summed E-state index contributed by atoms with van der Waals surface area (Å²) in [5, 5.41) is 6.61. The molecule has 0 bridgehead atoms. The molecule has 9 heterocycles. The Morgan fingerprint density at radius 3 is 1.08 bits per heavy atom. The average molecular weight is 1740 g/mol. The highest BCUT2D eigenvalue weighted by Crippen LogP contribution is 2.55. The van der Waals surface area contributed by atoms with Crippen LogP contribution in [0.15, 0.2) is 305 Å². The number of fused-ring (bicyclic) bond motifs is 14. The Morgan fingerprint density at radius 2 is 0.617 bits per heavy atom. The van der Waals surface area contributed by atoms with Gasteiger partial charge in [-0.25, -0.2) is 29.2 Å². The molecular weight excluding hydrogens is 1640 g/mol. The summed E-state index contributed by atoms with van der Waals surface area (Å²) in [6.07, 6.45) is 2.51. The summed E-state index contributed by atoms with van der Waals surface area (Å²) in [5.41, 5.74) is 35.8. The molecule has 14 aromatic carbocycles. The molecule has 0 spiro atoms. The summed E-state index contributed by atoms with van der Waals surface area (Å²) < 4.78 is 18.6. The van der Waals surface area contributed by atoms with Crippen LogP contribution in [0.4, 0.5) is 114 Å². The van der Waals surface area contributed by atoms with Gasteiger partial charge in [0.25, 0.3) is 0 Å². The molecule has 0 amide bonds. The maximum atomic E-state index is 7.40. The van der Waals surface area contributed by atoms with Crippen molar-refractivity contribution in [2.45, 2.75) is 100 Å². The number of furan rings is 3. The first-order valence-electron chi connectivity index (χ1n) is 44.6. The van der Waals surface area contributed by atoms with E-state index in [1.54, 1.807) is 6.20 Å². The van der Waals surface area contributed by atoms with Crippen LogP contribution in [0.25, 0.3) is 112 Å². The first kappa shape index (κ1) is 85.5. The molecule has 0 radical (unpaired) electrons. The maximum absolute atomic E-state index is 7.40. The van der Waals surface area contributed by atoms with Crippen LogP contribution in [0.2, 0.25) is 0 Å². The second kappa shape index (κ2) is 34.6. The van der Waals surface area contributed by atoms with Crippen LogP contribution < -0.4 is 49.0 Å². The van der Waals surface area contributed by atoms with Crippen LogP contribution in [-0.2, 0) is 0 Å². The van der Waals surface area contributed by atoms with Crippen LogP contribution in [0.1, 0.15) is 62.4 Å². The molecule has 5 atom stereocenters. The molecule has 0 saturated heterocycles. The number of hydrogen-bond donors (Lipinski definition) is 0. The van der Waals surface area contributed by atoms with Gasteiger partial charge >= 0.3 is 0 Å². The second-order valence-corrected chi connectivity index (χ2v) is 34.7. The molecule has 5 aliphatic rings. The van der Waals surface area contributed by atoms with Crippen LogP contribution in [0.3, 0.4) is 0 Å². The van der Waals surface area contributed by atoms with Crippen molar-refractivity contribution in [3.05, 3.63) is 376 Å². The van der Waals surface area contributed by atoms with Gasteiger partial charge in [0, 0.05) is 96.8 Å². The number of anilines is 15. The van der Waals surface area contributed by atoms with E-state index in [2.05, 4.69) is 322 Å². The lowest BCUT2D eigenvalue weighted by atomic mass is 9.99. The van der Waals surface area contributed by atoms with Crippen LogP contribution in [0.5, 0.6) is 0 Å². The quantitative estimate of drug-likeness (QED) is 0.141. The highest BCUT2D eigenvalue weighted by Gasteiger charge is 2.40. The van der Waals surface area contributed by atoms with Crippen LogP contribution in [0, 0.1) is 67.5 Å². The first-order chi connectivity index (χ1) is 64.5. The van der Waals surface area contributed by atoms with Gasteiger partial charge in [-0.15, -0.1) is 0 Å². The summed E-state index contributed by atoms with van der Waals surface area (Å²) in [5.74, 6) is 0. The number of hydrogen-bond acceptors (Lipinski definition) is 14. The Hall–Kier alpha value is -16.9. The first-order valence-corrected chi connectivity index (χ1v) is 44.6. The fourth-order valence-electron chi connectivity index (χ4n) is 19.8. The molecule has 0 saturated carbocycles. The van der Waals surface area contributed by atoms with E-state index in [0.29, 0.717) is 34.2 Å². The van der Waals surface area contributed by atoms with Crippen LogP contribution in [-0.4, -0.2) is 71.1 Å². The molecule has 19 heteroatoms. The summed E-state index contributed by atoms with van der Waals surface area (Å²) in [7, 11) is 10.5. The van der Waals surface area contributed by atoms with Gasteiger partial charge < -0.3 is 62.3 Å². The van der Waals surface area contributed by atoms with E-state index in [1.807, 2.05) is 146 Å². The Kier molecular flexibility index (Phi) is 22.2. The highest BCUT2D eigenvalue weighted by atomic mass is 16.3. The van der Waals surface area contributed by atoms with Crippen molar-refractivity contribution in [3.63, 3.8) is 0 Å². The lowest BCUT2D eigenvalue weighted by molar-refractivity contribution is 0.648. The van der Waals surface area contributed by atoms with Gasteiger partial charge in [-0.05, 0) is 217 Å². The largest absolute Gasteiger partial charge is 0.456 e. The monoisotopic (exact) mass is 1740 g/mol. The lowest BCUT2D eigenvalue weighted by Crippen LogP contribution is -2.36. The Morgan fingerprint density at radius 1 is 0.248 bits per heavy atom. The third kappa shape index (κ3) is 14.7. The highest BCUT2D eigenvalue weighted by molar-refractivity contribution is 6.13. The Labute approximate surface area is 775 Å². The summed E-state index contributed by atoms with van der Waals surface area (Å²) in [6, 6.07) is 96.7. The van der Waals surface area contributed by atoms with Crippen molar-refractivity contribution in [2.75, 3.05) is 84.2 Å². The predicted octanol–water partition coefficient (Wildman–Crippen LogP) is 30.8. The van der Waals surface area contributed by atoms with E-state index in [-0.39, 0.29) is 30.8 Å². The number of benzene rings is 14. The third-order valence-electron chi connectivity index (χ3n) is 27.2. The molecule has 0 aliphatic carbocycles. The third-order valence-corrected chi connectivity index (χ3v) is 27.2.